The maximum atomic E-state index is 11.7. The second-order valence-electron chi connectivity index (χ2n) is 4.26. The number of hydrogen-bond donors (Lipinski definition) is 3. The van der Waals surface area contributed by atoms with Crippen LogP contribution in [0.1, 0.15) is 20.8 Å². The Morgan fingerprint density at radius 1 is 1.35 bits per heavy atom. The van der Waals surface area contributed by atoms with Gasteiger partial charge in [0, 0.05) is 10.5 Å². The molecule has 0 heterocycles. The molecule has 4 N–H and O–H groups in total. The van der Waals surface area contributed by atoms with Crippen molar-refractivity contribution in [3.63, 3.8) is 0 Å². The van der Waals surface area contributed by atoms with Gasteiger partial charge < -0.3 is 16.4 Å². The molecule has 17 heavy (non-hydrogen) atoms. The summed E-state index contributed by atoms with van der Waals surface area (Å²) in [6.07, 6.45) is 0. The lowest BCUT2D eigenvalue weighted by Gasteiger charge is -2.18. The van der Waals surface area contributed by atoms with Gasteiger partial charge in [0.1, 0.15) is 6.04 Å². The first-order valence-corrected chi connectivity index (χ1v) is 6.31. The summed E-state index contributed by atoms with van der Waals surface area (Å²) < 4.78 is 0.922. The van der Waals surface area contributed by atoms with Gasteiger partial charge in [-0.25, -0.2) is 0 Å². The molecule has 5 heteroatoms. The Labute approximate surface area is 110 Å². The van der Waals surface area contributed by atoms with Crippen LogP contribution in [0.5, 0.6) is 0 Å². The molecule has 0 aliphatic carbocycles. The number of nitrogen functional groups attached to an aromatic ring is 1. The Morgan fingerprint density at radius 2 is 2.00 bits per heavy atom. The van der Waals surface area contributed by atoms with Crippen LogP contribution in [0.3, 0.4) is 0 Å². The van der Waals surface area contributed by atoms with Gasteiger partial charge in [0.25, 0.3) is 0 Å². The molecule has 1 aromatic carbocycles. The molecule has 1 aromatic rings. The number of anilines is 2. The number of carbonyl (C=O) groups is 1. The number of carbonyl (C=O) groups excluding carboxylic acids is 1. The summed E-state index contributed by atoms with van der Waals surface area (Å²) in [5, 5.41) is 5.93. The summed E-state index contributed by atoms with van der Waals surface area (Å²) in [5.41, 5.74) is 7.20. The molecule has 1 rings (SSSR count). The minimum atomic E-state index is -0.325. The van der Waals surface area contributed by atoms with E-state index in [0.717, 1.165) is 10.2 Å². The van der Waals surface area contributed by atoms with Crippen LogP contribution in [0.25, 0.3) is 0 Å². The molecule has 0 aliphatic rings. The third kappa shape index (κ3) is 4.26. The average Bonchev–Trinajstić information content (AvgIpc) is 2.22. The van der Waals surface area contributed by atoms with E-state index in [-0.39, 0.29) is 18.0 Å². The summed E-state index contributed by atoms with van der Waals surface area (Å²) in [4.78, 5) is 11.7. The van der Waals surface area contributed by atoms with Gasteiger partial charge in [0.05, 0.1) is 11.4 Å². The zero-order chi connectivity index (χ0) is 13.0. The summed E-state index contributed by atoms with van der Waals surface area (Å²) in [6.45, 7) is 5.66. The standard InChI is InChI=1S/C12H18BrN3O/c1-7(2)15-12(17)8(3)16-11-6-9(13)4-5-10(11)14/h4-8,16H,14H2,1-3H3,(H,15,17). The van der Waals surface area contributed by atoms with Crippen LogP contribution in [0.4, 0.5) is 11.4 Å². The van der Waals surface area contributed by atoms with Crippen LogP contribution < -0.4 is 16.4 Å². The van der Waals surface area contributed by atoms with Crippen LogP contribution in [0.15, 0.2) is 22.7 Å². The SMILES string of the molecule is CC(C)NC(=O)C(C)Nc1cc(Br)ccc1N. The Bertz CT molecular complexity index is 407. The second kappa shape index (κ2) is 5.91. The predicted molar refractivity (Wildman–Crippen MR) is 74.9 cm³/mol. The quantitative estimate of drug-likeness (QED) is 0.748. The van der Waals surface area contributed by atoms with Crippen LogP contribution in [0.2, 0.25) is 0 Å². The van der Waals surface area contributed by atoms with Crippen LogP contribution in [-0.2, 0) is 4.79 Å². The van der Waals surface area contributed by atoms with Crippen molar-refractivity contribution in [2.24, 2.45) is 0 Å². The highest BCUT2D eigenvalue weighted by Crippen LogP contribution is 2.23. The highest BCUT2D eigenvalue weighted by atomic mass is 79.9. The molecule has 4 nitrogen and oxygen atoms in total. The van der Waals surface area contributed by atoms with E-state index in [9.17, 15) is 4.79 Å². The van der Waals surface area contributed by atoms with Crippen LogP contribution in [-0.4, -0.2) is 18.0 Å². The van der Waals surface area contributed by atoms with Crippen molar-refractivity contribution in [2.45, 2.75) is 32.9 Å². The lowest BCUT2D eigenvalue weighted by Crippen LogP contribution is -2.41. The molecule has 1 atom stereocenters. The van der Waals surface area contributed by atoms with Gasteiger partial charge in [-0.3, -0.25) is 4.79 Å². The van der Waals surface area contributed by atoms with Gasteiger partial charge in [-0.05, 0) is 39.0 Å². The zero-order valence-corrected chi connectivity index (χ0v) is 11.8. The van der Waals surface area contributed by atoms with Crippen molar-refractivity contribution < 1.29 is 4.79 Å². The fourth-order valence-corrected chi connectivity index (χ4v) is 1.72. The van der Waals surface area contributed by atoms with Crippen molar-refractivity contribution in [1.29, 1.82) is 0 Å². The minimum Gasteiger partial charge on any atom is -0.397 e. The van der Waals surface area contributed by atoms with E-state index in [1.165, 1.54) is 0 Å². The first kappa shape index (κ1) is 13.8. The van der Waals surface area contributed by atoms with Gasteiger partial charge in [-0.1, -0.05) is 15.9 Å². The van der Waals surface area contributed by atoms with E-state index < -0.39 is 0 Å². The average molecular weight is 300 g/mol. The van der Waals surface area contributed by atoms with Gasteiger partial charge in [0.2, 0.25) is 5.91 Å². The molecule has 0 aliphatic heterocycles. The van der Waals surface area contributed by atoms with Gasteiger partial charge in [-0.15, -0.1) is 0 Å². The number of hydrogen-bond acceptors (Lipinski definition) is 3. The Morgan fingerprint density at radius 3 is 2.59 bits per heavy atom. The Balaban J connectivity index is 2.70. The Kier molecular flexibility index (Phi) is 4.81. The maximum absolute atomic E-state index is 11.7. The minimum absolute atomic E-state index is 0.0422. The lowest BCUT2D eigenvalue weighted by molar-refractivity contribution is -0.122. The van der Waals surface area contributed by atoms with Crippen molar-refractivity contribution >= 4 is 33.2 Å². The summed E-state index contributed by atoms with van der Waals surface area (Å²) in [7, 11) is 0. The smallest absolute Gasteiger partial charge is 0.242 e. The molecular weight excluding hydrogens is 282 g/mol. The molecule has 0 saturated carbocycles. The highest BCUT2D eigenvalue weighted by molar-refractivity contribution is 9.10. The number of rotatable bonds is 4. The van der Waals surface area contributed by atoms with E-state index >= 15 is 0 Å². The normalized spacial score (nSPS) is 12.3. The van der Waals surface area contributed by atoms with Crippen molar-refractivity contribution in [2.75, 3.05) is 11.1 Å². The molecule has 0 radical (unpaired) electrons. The van der Waals surface area contributed by atoms with E-state index in [1.54, 1.807) is 13.0 Å². The summed E-state index contributed by atoms with van der Waals surface area (Å²) in [6, 6.07) is 5.31. The molecule has 94 valence electrons. The molecule has 1 amide bonds. The van der Waals surface area contributed by atoms with Crippen molar-refractivity contribution in [3.05, 3.63) is 22.7 Å². The van der Waals surface area contributed by atoms with Gasteiger partial charge >= 0.3 is 0 Å². The van der Waals surface area contributed by atoms with Crippen molar-refractivity contribution in [1.82, 2.24) is 5.32 Å². The molecule has 0 spiro atoms. The number of nitrogens with one attached hydrogen (secondary N) is 2. The van der Waals surface area contributed by atoms with Crippen LogP contribution in [0, 0.1) is 0 Å². The second-order valence-corrected chi connectivity index (χ2v) is 5.18. The van der Waals surface area contributed by atoms with Crippen LogP contribution >= 0.6 is 15.9 Å². The lowest BCUT2D eigenvalue weighted by atomic mass is 10.2. The zero-order valence-electron chi connectivity index (χ0n) is 10.3. The third-order valence-electron chi connectivity index (χ3n) is 2.21. The largest absolute Gasteiger partial charge is 0.397 e. The molecule has 0 aromatic heterocycles. The van der Waals surface area contributed by atoms with Crippen molar-refractivity contribution in [3.8, 4) is 0 Å². The van der Waals surface area contributed by atoms with E-state index in [0.29, 0.717) is 5.69 Å². The fourth-order valence-electron chi connectivity index (χ4n) is 1.36. The van der Waals surface area contributed by atoms with E-state index in [4.69, 9.17) is 5.73 Å². The van der Waals surface area contributed by atoms with Gasteiger partial charge in [-0.2, -0.15) is 0 Å². The number of nitrogens with two attached hydrogens (primary N) is 1. The third-order valence-corrected chi connectivity index (χ3v) is 2.70. The maximum Gasteiger partial charge on any atom is 0.242 e. The van der Waals surface area contributed by atoms with E-state index in [2.05, 4.69) is 26.6 Å². The number of amides is 1. The molecule has 0 fully saturated rings. The Hall–Kier alpha value is -1.23. The number of halogens is 1. The summed E-state index contributed by atoms with van der Waals surface area (Å²) >= 11 is 3.37. The monoisotopic (exact) mass is 299 g/mol. The topological polar surface area (TPSA) is 67.2 Å². The summed E-state index contributed by atoms with van der Waals surface area (Å²) in [5.74, 6) is -0.0422. The fraction of sp³-hybridized carbons (Fsp3) is 0.417. The van der Waals surface area contributed by atoms with Gasteiger partial charge in [0.15, 0.2) is 0 Å². The van der Waals surface area contributed by atoms with E-state index in [1.807, 2.05) is 26.0 Å². The highest BCUT2D eigenvalue weighted by Gasteiger charge is 2.14. The molecule has 0 saturated heterocycles. The first-order valence-electron chi connectivity index (χ1n) is 5.52. The molecule has 0 bridgehead atoms. The molecule has 1 unspecified atom stereocenters. The molecular formula is C12H18BrN3O. The predicted octanol–water partition coefficient (Wildman–Crippen LogP) is 2.36. The number of benzene rings is 1. The first-order chi connectivity index (χ1) is 7.90.